The van der Waals surface area contributed by atoms with Gasteiger partial charge >= 0.3 is 0 Å². The van der Waals surface area contributed by atoms with Crippen LogP contribution in [0.1, 0.15) is 25.7 Å². The molecule has 0 bridgehead atoms. The average molecular weight is 389 g/mol. The van der Waals surface area contributed by atoms with Crippen molar-refractivity contribution in [2.24, 2.45) is 5.92 Å². The Kier molecular flexibility index (Phi) is 7.12. The molecule has 1 amide bonds. The summed E-state index contributed by atoms with van der Waals surface area (Å²) in [6, 6.07) is 1.65. The van der Waals surface area contributed by atoms with E-state index in [-0.39, 0.29) is 24.0 Å². The second-order valence-electron chi connectivity index (χ2n) is 6.77. The van der Waals surface area contributed by atoms with Crippen molar-refractivity contribution >= 4 is 11.9 Å². The number of hydrogen-bond donors (Lipinski definition) is 2. The summed E-state index contributed by atoms with van der Waals surface area (Å²) in [5.41, 5.74) is 0. The number of carbonyl (C=O) groups excluding carboxylic acids is 1. The second kappa shape index (κ2) is 9.98. The molecule has 0 spiro atoms. The fraction of sp³-hybridized carbons (Fsp3) is 0.611. The Labute approximate surface area is 164 Å². The standard InChI is InChI=1S/C18H27N7O3/c1-27-15-5-4-13(17(26)19-7-3-10-25-11-9-21-24-25)12-14(15)22-18-20-8-6-16(23-18)28-2/h6,8-9,11,13-15H,3-5,7,10,12H2,1-2H3,(H,19,26)(H,20,22,23)/t13-,14+,15+/m0/s1. The van der Waals surface area contributed by atoms with Crippen LogP contribution in [0.15, 0.2) is 24.7 Å². The molecular weight excluding hydrogens is 362 g/mol. The predicted octanol–water partition coefficient (Wildman–Crippen LogP) is 0.879. The van der Waals surface area contributed by atoms with E-state index in [1.807, 2.05) is 6.20 Å². The van der Waals surface area contributed by atoms with E-state index in [0.29, 0.717) is 24.8 Å². The molecule has 0 aromatic carbocycles. The number of carbonyl (C=O) groups is 1. The molecule has 2 aromatic rings. The Morgan fingerprint density at radius 3 is 2.96 bits per heavy atom. The van der Waals surface area contributed by atoms with Crippen LogP contribution in [-0.4, -0.2) is 63.8 Å². The zero-order valence-corrected chi connectivity index (χ0v) is 16.2. The topological polar surface area (TPSA) is 116 Å². The molecule has 0 unspecified atom stereocenters. The zero-order valence-electron chi connectivity index (χ0n) is 16.2. The Morgan fingerprint density at radius 1 is 1.32 bits per heavy atom. The van der Waals surface area contributed by atoms with Crippen LogP contribution in [0.2, 0.25) is 0 Å². The minimum Gasteiger partial charge on any atom is -0.481 e. The highest BCUT2D eigenvalue weighted by atomic mass is 16.5. The Morgan fingerprint density at radius 2 is 2.21 bits per heavy atom. The number of hydrogen-bond acceptors (Lipinski definition) is 8. The number of nitrogens with zero attached hydrogens (tertiary/aromatic N) is 5. The SMILES string of the molecule is COc1ccnc(N[C@@H]2C[C@@H](C(=O)NCCCn3ccnn3)CC[C@H]2OC)n1. The van der Waals surface area contributed by atoms with Gasteiger partial charge in [-0.05, 0) is 25.7 Å². The molecule has 0 aliphatic heterocycles. The molecule has 2 heterocycles. The zero-order chi connectivity index (χ0) is 19.8. The first-order valence-corrected chi connectivity index (χ1v) is 9.47. The van der Waals surface area contributed by atoms with E-state index >= 15 is 0 Å². The van der Waals surface area contributed by atoms with Crippen LogP contribution in [0, 0.1) is 5.92 Å². The van der Waals surface area contributed by atoms with Gasteiger partial charge in [0, 0.05) is 44.6 Å². The molecule has 1 saturated carbocycles. The molecule has 1 aliphatic carbocycles. The third kappa shape index (κ3) is 5.38. The molecule has 2 aromatic heterocycles. The number of amides is 1. The minimum atomic E-state index is -0.0686. The van der Waals surface area contributed by atoms with Gasteiger partial charge in [0.2, 0.25) is 17.7 Å². The van der Waals surface area contributed by atoms with E-state index in [0.717, 1.165) is 25.8 Å². The average Bonchev–Trinajstić information content (AvgIpc) is 3.24. The summed E-state index contributed by atoms with van der Waals surface area (Å²) in [7, 11) is 3.25. The van der Waals surface area contributed by atoms with Crippen LogP contribution in [0.25, 0.3) is 0 Å². The fourth-order valence-electron chi connectivity index (χ4n) is 3.46. The highest BCUT2D eigenvalue weighted by molar-refractivity contribution is 5.78. The maximum absolute atomic E-state index is 12.6. The first kappa shape index (κ1) is 20.0. The molecule has 10 heteroatoms. The van der Waals surface area contributed by atoms with Gasteiger partial charge in [0.25, 0.3) is 0 Å². The lowest BCUT2D eigenvalue weighted by molar-refractivity contribution is -0.127. The highest BCUT2D eigenvalue weighted by Gasteiger charge is 2.34. The lowest BCUT2D eigenvalue weighted by Gasteiger charge is -2.35. The molecule has 28 heavy (non-hydrogen) atoms. The number of aromatic nitrogens is 5. The first-order chi connectivity index (χ1) is 13.7. The summed E-state index contributed by atoms with van der Waals surface area (Å²) in [6.07, 6.45) is 8.16. The molecule has 152 valence electrons. The van der Waals surface area contributed by atoms with Gasteiger partial charge in [-0.1, -0.05) is 5.21 Å². The van der Waals surface area contributed by atoms with Crippen molar-refractivity contribution < 1.29 is 14.3 Å². The number of aryl methyl sites for hydroxylation is 1. The molecule has 0 saturated heterocycles. The van der Waals surface area contributed by atoms with Crippen molar-refractivity contribution in [2.75, 3.05) is 26.1 Å². The van der Waals surface area contributed by atoms with Crippen molar-refractivity contribution in [2.45, 2.75) is 44.4 Å². The van der Waals surface area contributed by atoms with Gasteiger partial charge < -0.3 is 20.1 Å². The summed E-state index contributed by atoms with van der Waals surface area (Å²) in [5.74, 6) is 0.969. The second-order valence-corrected chi connectivity index (χ2v) is 6.77. The maximum Gasteiger partial charge on any atom is 0.226 e. The molecule has 0 radical (unpaired) electrons. The van der Waals surface area contributed by atoms with Crippen molar-refractivity contribution in [3.05, 3.63) is 24.7 Å². The number of anilines is 1. The molecule has 3 atom stereocenters. The van der Waals surface area contributed by atoms with Crippen molar-refractivity contribution in [1.29, 1.82) is 0 Å². The molecule has 3 rings (SSSR count). The van der Waals surface area contributed by atoms with Gasteiger partial charge in [-0.15, -0.1) is 5.10 Å². The smallest absolute Gasteiger partial charge is 0.226 e. The molecular formula is C18H27N7O3. The maximum atomic E-state index is 12.6. The normalized spacial score (nSPS) is 21.9. The monoisotopic (exact) mass is 389 g/mol. The lowest BCUT2D eigenvalue weighted by atomic mass is 9.83. The number of ether oxygens (including phenoxy) is 2. The van der Waals surface area contributed by atoms with E-state index < -0.39 is 0 Å². The minimum absolute atomic E-state index is 0.00571. The van der Waals surface area contributed by atoms with Crippen molar-refractivity contribution in [3.8, 4) is 5.88 Å². The van der Waals surface area contributed by atoms with Crippen LogP contribution in [0.5, 0.6) is 5.88 Å². The van der Waals surface area contributed by atoms with Gasteiger partial charge in [-0.25, -0.2) is 4.98 Å². The molecule has 1 fully saturated rings. The lowest BCUT2D eigenvalue weighted by Crippen LogP contribution is -2.45. The Hall–Kier alpha value is -2.75. The molecule has 2 N–H and O–H groups in total. The van der Waals surface area contributed by atoms with Gasteiger partial charge in [0.15, 0.2) is 0 Å². The fourth-order valence-corrected chi connectivity index (χ4v) is 3.46. The number of rotatable bonds is 9. The Bertz CT molecular complexity index is 741. The van der Waals surface area contributed by atoms with E-state index in [2.05, 4.69) is 30.9 Å². The number of nitrogens with one attached hydrogen (secondary N) is 2. The largest absolute Gasteiger partial charge is 0.481 e. The molecule has 10 nitrogen and oxygen atoms in total. The van der Waals surface area contributed by atoms with Crippen LogP contribution < -0.4 is 15.4 Å². The Balaban J connectivity index is 1.50. The van der Waals surface area contributed by atoms with Crippen LogP contribution in [0.3, 0.4) is 0 Å². The number of methoxy groups -OCH3 is 2. The van der Waals surface area contributed by atoms with Gasteiger partial charge in [-0.3, -0.25) is 9.48 Å². The summed E-state index contributed by atoms with van der Waals surface area (Å²) < 4.78 is 12.5. The third-order valence-corrected chi connectivity index (χ3v) is 4.95. The van der Waals surface area contributed by atoms with Gasteiger partial charge in [-0.2, -0.15) is 4.98 Å². The van der Waals surface area contributed by atoms with Crippen LogP contribution in [-0.2, 0) is 16.1 Å². The quantitative estimate of drug-likeness (QED) is 0.607. The van der Waals surface area contributed by atoms with E-state index in [4.69, 9.17) is 9.47 Å². The van der Waals surface area contributed by atoms with Gasteiger partial charge in [0.1, 0.15) is 0 Å². The van der Waals surface area contributed by atoms with E-state index in [1.54, 1.807) is 37.4 Å². The van der Waals surface area contributed by atoms with Crippen LogP contribution in [0.4, 0.5) is 5.95 Å². The van der Waals surface area contributed by atoms with Crippen molar-refractivity contribution in [1.82, 2.24) is 30.3 Å². The summed E-state index contributed by atoms with van der Waals surface area (Å²) in [5, 5.41) is 14.0. The first-order valence-electron chi connectivity index (χ1n) is 9.47. The predicted molar refractivity (Wildman–Crippen MR) is 102 cm³/mol. The van der Waals surface area contributed by atoms with Crippen LogP contribution >= 0.6 is 0 Å². The summed E-state index contributed by atoms with van der Waals surface area (Å²) in [6.45, 7) is 1.34. The summed E-state index contributed by atoms with van der Waals surface area (Å²) in [4.78, 5) is 21.1. The van der Waals surface area contributed by atoms with E-state index in [1.165, 1.54) is 0 Å². The van der Waals surface area contributed by atoms with E-state index in [9.17, 15) is 4.79 Å². The summed E-state index contributed by atoms with van der Waals surface area (Å²) >= 11 is 0. The molecule has 1 aliphatic rings. The van der Waals surface area contributed by atoms with Gasteiger partial charge in [0.05, 0.1) is 25.5 Å². The highest BCUT2D eigenvalue weighted by Crippen LogP contribution is 2.28. The van der Waals surface area contributed by atoms with Crippen molar-refractivity contribution in [3.63, 3.8) is 0 Å². The third-order valence-electron chi connectivity index (χ3n) is 4.95.